The highest BCUT2D eigenvalue weighted by Crippen LogP contribution is 2.37. The molecule has 0 saturated carbocycles. The number of benzene rings is 1. The molecule has 1 aromatic carbocycles. The SMILES string of the molecule is Cl.NCCC1CCCCN1C(=O)C1Cc2ccccc21. The number of rotatable bonds is 3. The lowest BCUT2D eigenvalue weighted by atomic mass is 9.76. The lowest BCUT2D eigenvalue weighted by molar-refractivity contribution is -0.137. The Hall–Kier alpha value is -1.06. The van der Waals surface area contributed by atoms with Crippen LogP contribution < -0.4 is 5.73 Å². The molecule has 0 aromatic heterocycles. The summed E-state index contributed by atoms with van der Waals surface area (Å²) in [7, 11) is 0. The molecule has 0 radical (unpaired) electrons. The first-order valence-electron chi connectivity index (χ1n) is 7.39. The lowest BCUT2D eigenvalue weighted by Crippen LogP contribution is -2.48. The van der Waals surface area contributed by atoms with Crippen LogP contribution in [-0.4, -0.2) is 29.9 Å². The predicted molar refractivity (Wildman–Crippen MR) is 83.2 cm³/mol. The van der Waals surface area contributed by atoms with E-state index in [0.717, 1.165) is 32.2 Å². The summed E-state index contributed by atoms with van der Waals surface area (Å²) in [6.07, 6.45) is 5.36. The predicted octanol–water partition coefficient (Wildman–Crippen LogP) is 2.48. The van der Waals surface area contributed by atoms with Crippen LogP contribution in [0.4, 0.5) is 0 Å². The molecule has 110 valence electrons. The van der Waals surface area contributed by atoms with Crippen LogP contribution >= 0.6 is 12.4 Å². The minimum Gasteiger partial charge on any atom is -0.339 e. The summed E-state index contributed by atoms with van der Waals surface area (Å²) >= 11 is 0. The molecular formula is C16H23ClN2O. The van der Waals surface area contributed by atoms with Gasteiger partial charge >= 0.3 is 0 Å². The zero-order valence-corrected chi connectivity index (χ0v) is 12.6. The van der Waals surface area contributed by atoms with E-state index in [0.29, 0.717) is 18.5 Å². The Morgan fingerprint density at radius 1 is 1.30 bits per heavy atom. The first-order chi connectivity index (χ1) is 9.31. The Morgan fingerprint density at radius 3 is 2.85 bits per heavy atom. The molecule has 2 N–H and O–H groups in total. The standard InChI is InChI=1S/C16H22N2O.ClH/c17-9-8-13-6-3-4-10-18(13)16(19)15-11-12-5-1-2-7-14(12)15;/h1-2,5,7,13,15H,3-4,6,8-11,17H2;1H. The first kappa shape index (κ1) is 15.3. The summed E-state index contributed by atoms with van der Waals surface area (Å²) in [5.74, 6) is 0.437. The van der Waals surface area contributed by atoms with Gasteiger partial charge in [0.1, 0.15) is 0 Å². The van der Waals surface area contributed by atoms with Gasteiger partial charge < -0.3 is 10.6 Å². The Labute approximate surface area is 126 Å². The number of nitrogens with zero attached hydrogens (tertiary/aromatic N) is 1. The molecule has 1 aliphatic heterocycles. The van der Waals surface area contributed by atoms with Gasteiger partial charge in [0.15, 0.2) is 0 Å². The van der Waals surface area contributed by atoms with E-state index >= 15 is 0 Å². The lowest BCUT2D eigenvalue weighted by Gasteiger charge is -2.40. The number of carbonyl (C=O) groups is 1. The van der Waals surface area contributed by atoms with Crippen LogP contribution in [0.25, 0.3) is 0 Å². The molecule has 4 heteroatoms. The number of fused-ring (bicyclic) bond motifs is 1. The van der Waals surface area contributed by atoms with Crippen LogP contribution in [0.1, 0.15) is 42.7 Å². The second kappa shape index (κ2) is 6.59. The minimum absolute atomic E-state index is 0. The van der Waals surface area contributed by atoms with Crippen LogP contribution in [0.3, 0.4) is 0 Å². The molecule has 3 rings (SSSR count). The summed E-state index contributed by atoms with van der Waals surface area (Å²) in [6, 6.07) is 8.69. The largest absolute Gasteiger partial charge is 0.339 e. The Morgan fingerprint density at radius 2 is 2.10 bits per heavy atom. The fourth-order valence-electron chi connectivity index (χ4n) is 3.46. The van der Waals surface area contributed by atoms with Gasteiger partial charge in [-0.1, -0.05) is 24.3 Å². The van der Waals surface area contributed by atoms with Gasteiger partial charge in [-0.15, -0.1) is 12.4 Å². The summed E-state index contributed by atoms with van der Waals surface area (Å²) < 4.78 is 0. The molecule has 1 amide bonds. The van der Waals surface area contributed by atoms with Crippen molar-refractivity contribution in [3.05, 3.63) is 35.4 Å². The Bertz CT molecular complexity index is 475. The maximum absolute atomic E-state index is 12.7. The molecule has 20 heavy (non-hydrogen) atoms. The van der Waals surface area contributed by atoms with Crippen molar-refractivity contribution in [1.29, 1.82) is 0 Å². The molecule has 1 aromatic rings. The van der Waals surface area contributed by atoms with E-state index in [1.807, 2.05) is 6.07 Å². The number of nitrogens with two attached hydrogens (primary N) is 1. The van der Waals surface area contributed by atoms with Crippen molar-refractivity contribution in [3.8, 4) is 0 Å². The van der Waals surface area contributed by atoms with Crippen molar-refractivity contribution in [2.75, 3.05) is 13.1 Å². The van der Waals surface area contributed by atoms with E-state index in [1.54, 1.807) is 0 Å². The van der Waals surface area contributed by atoms with Gasteiger partial charge in [0, 0.05) is 12.6 Å². The number of hydrogen-bond donors (Lipinski definition) is 1. The highest BCUT2D eigenvalue weighted by atomic mass is 35.5. The van der Waals surface area contributed by atoms with Gasteiger partial charge in [0.05, 0.1) is 5.92 Å². The zero-order valence-electron chi connectivity index (χ0n) is 11.8. The summed E-state index contributed by atoms with van der Waals surface area (Å²) in [5, 5.41) is 0. The summed E-state index contributed by atoms with van der Waals surface area (Å²) in [6.45, 7) is 1.60. The zero-order chi connectivity index (χ0) is 13.2. The maximum Gasteiger partial charge on any atom is 0.230 e. The van der Waals surface area contributed by atoms with Gasteiger partial charge in [-0.2, -0.15) is 0 Å². The summed E-state index contributed by atoms with van der Waals surface area (Å²) in [4.78, 5) is 14.8. The van der Waals surface area contributed by atoms with Crippen molar-refractivity contribution in [2.45, 2.75) is 44.1 Å². The van der Waals surface area contributed by atoms with Gasteiger partial charge in [-0.05, 0) is 49.8 Å². The van der Waals surface area contributed by atoms with Crippen molar-refractivity contribution in [3.63, 3.8) is 0 Å². The molecular weight excluding hydrogens is 272 g/mol. The average Bonchev–Trinajstić information content (AvgIpc) is 2.41. The average molecular weight is 295 g/mol. The smallest absolute Gasteiger partial charge is 0.230 e. The third kappa shape index (κ3) is 2.70. The monoisotopic (exact) mass is 294 g/mol. The van der Waals surface area contributed by atoms with E-state index in [1.165, 1.54) is 17.5 Å². The van der Waals surface area contributed by atoms with Gasteiger partial charge in [0.2, 0.25) is 5.91 Å². The molecule has 1 aliphatic carbocycles. The molecule has 0 spiro atoms. The van der Waals surface area contributed by atoms with Crippen LogP contribution in [0, 0.1) is 0 Å². The molecule has 1 saturated heterocycles. The second-order valence-corrected chi connectivity index (χ2v) is 5.71. The van der Waals surface area contributed by atoms with Crippen molar-refractivity contribution < 1.29 is 4.79 Å². The van der Waals surface area contributed by atoms with Crippen LogP contribution in [0.5, 0.6) is 0 Å². The van der Waals surface area contributed by atoms with E-state index in [2.05, 4.69) is 23.1 Å². The quantitative estimate of drug-likeness (QED) is 0.931. The number of likely N-dealkylation sites (tertiary alicyclic amines) is 1. The fourth-order valence-corrected chi connectivity index (χ4v) is 3.46. The number of amides is 1. The highest BCUT2D eigenvalue weighted by molar-refractivity contribution is 5.87. The third-order valence-corrected chi connectivity index (χ3v) is 4.56. The maximum atomic E-state index is 12.7. The van der Waals surface area contributed by atoms with E-state index in [4.69, 9.17) is 5.73 Å². The van der Waals surface area contributed by atoms with Gasteiger partial charge in [-0.3, -0.25) is 4.79 Å². The second-order valence-electron chi connectivity index (χ2n) is 5.71. The molecule has 2 aliphatic rings. The molecule has 2 atom stereocenters. The number of piperidine rings is 1. The number of carbonyl (C=O) groups excluding carboxylic acids is 1. The van der Waals surface area contributed by atoms with Crippen LogP contribution in [0.15, 0.2) is 24.3 Å². The van der Waals surface area contributed by atoms with E-state index < -0.39 is 0 Å². The molecule has 1 heterocycles. The molecule has 1 fully saturated rings. The van der Waals surface area contributed by atoms with Crippen molar-refractivity contribution in [2.24, 2.45) is 5.73 Å². The normalized spacial score (nSPS) is 24.4. The number of halogens is 1. The van der Waals surface area contributed by atoms with Crippen molar-refractivity contribution in [1.82, 2.24) is 4.90 Å². The fraction of sp³-hybridized carbons (Fsp3) is 0.562. The van der Waals surface area contributed by atoms with Crippen LogP contribution in [-0.2, 0) is 11.2 Å². The van der Waals surface area contributed by atoms with E-state index in [-0.39, 0.29) is 18.3 Å². The van der Waals surface area contributed by atoms with E-state index in [9.17, 15) is 4.79 Å². The highest BCUT2D eigenvalue weighted by Gasteiger charge is 2.37. The van der Waals surface area contributed by atoms with Crippen molar-refractivity contribution >= 4 is 18.3 Å². The van der Waals surface area contributed by atoms with Gasteiger partial charge in [-0.25, -0.2) is 0 Å². The molecule has 0 bridgehead atoms. The Kier molecular flexibility index (Phi) is 5.06. The topological polar surface area (TPSA) is 46.3 Å². The Balaban J connectivity index is 0.00000147. The van der Waals surface area contributed by atoms with Gasteiger partial charge in [0.25, 0.3) is 0 Å². The summed E-state index contributed by atoms with van der Waals surface area (Å²) in [5.41, 5.74) is 8.26. The van der Waals surface area contributed by atoms with Crippen LogP contribution in [0.2, 0.25) is 0 Å². The molecule has 3 nitrogen and oxygen atoms in total. The first-order valence-corrected chi connectivity index (χ1v) is 7.39. The third-order valence-electron chi connectivity index (χ3n) is 4.56. The molecule has 2 unspecified atom stereocenters. The minimum atomic E-state index is 0. The number of hydrogen-bond acceptors (Lipinski definition) is 2.